The number of piperazine rings is 1. The number of amides is 1. The molecule has 6 nitrogen and oxygen atoms in total. The highest BCUT2D eigenvalue weighted by molar-refractivity contribution is 6.11. The molecular weight excluding hydrogens is 354 g/mol. The number of benzene rings is 2. The first kappa shape index (κ1) is 18.3. The van der Waals surface area contributed by atoms with E-state index in [2.05, 4.69) is 34.1 Å². The number of para-hydroxylation sites is 1. The van der Waals surface area contributed by atoms with E-state index in [4.69, 9.17) is 0 Å². The molecule has 1 aliphatic heterocycles. The van der Waals surface area contributed by atoms with E-state index in [0.717, 1.165) is 26.1 Å². The fourth-order valence-electron chi connectivity index (χ4n) is 3.79. The molecule has 0 bridgehead atoms. The van der Waals surface area contributed by atoms with Crippen LogP contribution in [0.3, 0.4) is 0 Å². The summed E-state index contributed by atoms with van der Waals surface area (Å²) >= 11 is 0. The van der Waals surface area contributed by atoms with E-state index in [-0.39, 0.29) is 11.5 Å². The van der Waals surface area contributed by atoms with Crippen molar-refractivity contribution in [2.24, 2.45) is 0 Å². The monoisotopic (exact) mass is 377 g/mol. The van der Waals surface area contributed by atoms with Crippen molar-refractivity contribution in [1.82, 2.24) is 14.8 Å². The van der Waals surface area contributed by atoms with Crippen molar-refractivity contribution in [2.45, 2.75) is 6.42 Å². The number of hydrogen-bond donors (Lipinski definition) is 2. The van der Waals surface area contributed by atoms with Gasteiger partial charge in [0, 0.05) is 44.3 Å². The minimum atomic E-state index is -0.997. The average Bonchev–Trinajstić information content (AvgIpc) is 3.17. The maximum atomic E-state index is 13.0. The number of carbonyl (C=O) groups excluding carboxylic acids is 1. The molecule has 28 heavy (non-hydrogen) atoms. The first-order valence-corrected chi connectivity index (χ1v) is 9.52. The SMILES string of the molecule is O=C(O)c1c[nH]c2c(C(=O)N3CCN(CCc4ccccc4)CC3)cccc12. The van der Waals surface area contributed by atoms with Crippen molar-refractivity contribution in [3.63, 3.8) is 0 Å². The quantitative estimate of drug-likeness (QED) is 0.717. The van der Waals surface area contributed by atoms with Gasteiger partial charge in [0.1, 0.15) is 0 Å². The van der Waals surface area contributed by atoms with E-state index < -0.39 is 5.97 Å². The van der Waals surface area contributed by atoms with E-state index >= 15 is 0 Å². The number of carboxylic acid groups (broad SMARTS) is 1. The normalized spacial score (nSPS) is 15.1. The first-order chi connectivity index (χ1) is 13.6. The molecule has 0 saturated carbocycles. The van der Waals surface area contributed by atoms with Crippen molar-refractivity contribution in [3.8, 4) is 0 Å². The average molecular weight is 377 g/mol. The van der Waals surface area contributed by atoms with Crippen molar-refractivity contribution < 1.29 is 14.7 Å². The van der Waals surface area contributed by atoms with Gasteiger partial charge in [0.15, 0.2) is 0 Å². The molecule has 1 aromatic heterocycles. The zero-order valence-electron chi connectivity index (χ0n) is 15.6. The number of H-pyrrole nitrogens is 1. The number of aromatic amines is 1. The van der Waals surface area contributed by atoms with Gasteiger partial charge in [-0.1, -0.05) is 42.5 Å². The Morgan fingerprint density at radius 3 is 2.39 bits per heavy atom. The summed E-state index contributed by atoms with van der Waals surface area (Å²) in [6.07, 6.45) is 2.46. The molecule has 2 heterocycles. The molecule has 1 aliphatic rings. The highest BCUT2D eigenvalue weighted by Crippen LogP contribution is 2.23. The van der Waals surface area contributed by atoms with Crippen LogP contribution in [0.15, 0.2) is 54.7 Å². The van der Waals surface area contributed by atoms with E-state index in [1.54, 1.807) is 18.2 Å². The van der Waals surface area contributed by atoms with Crippen LogP contribution in [0.25, 0.3) is 10.9 Å². The largest absolute Gasteiger partial charge is 0.478 e. The van der Waals surface area contributed by atoms with E-state index in [1.165, 1.54) is 11.8 Å². The zero-order valence-corrected chi connectivity index (χ0v) is 15.6. The lowest BCUT2D eigenvalue weighted by Gasteiger charge is -2.34. The highest BCUT2D eigenvalue weighted by atomic mass is 16.4. The number of aromatic nitrogens is 1. The highest BCUT2D eigenvalue weighted by Gasteiger charge is 2.24. The number of carboxylic acids is 1. The third kappa shape index (κ3) is 3.64. The third-order valence-corrected chi connectivity index (χ3v) is 5.40. The van der Waals surface area contributed by atoms with E-state index in [1.807, 2.05) is 11.0 Å². The van der Waals surface area contributed by atoms with Crippen LogP contribution in [0.2, 0.25) is 0 Å². The van der Waals surface area contributed by atoms with Gasteiger partial charge in [0.05, 0.1) is 16.6 Å². The molecule has 0 unspecified atom stereocenters. The number of nitrogens with one attached hydrogen (secondary N) is 1. The van der Waals surface area contributed by atoms with Crippen LogP contribution < -0.4 is 0 Å². The fourth-order valence-corrected chi connectivity index (χ4v) is 3.79. The molecule has 0 spiro atoms. The van der Waals surface area contributed by atoms with Crippen molar-refractivity contribution >= 4 is 22.8 Å². The standard InChI is InChI=1S/C22H23N3O3/c26-21(18-8-4-7-17-19(22(27)28)15-23-20(17)18)25-13-11-24(12-14-25)10-9-16-5-2-1-3-6-16/h1-8,15,23H,9-14H2,(H,27,28). The Balaban J connectivity index is 1.40. The number of carbonyl (C=O) groups is 2. The second-order valence-corrected chi connectivity index (χ2v) is 7.11. The maximum absolute atomic E-state index is 13.0. The van der Waals surface area contributed by atoms with Gasteiger partial charge in [-0.05, 0) is 18.1 Å². The topological polar surface area (TPSA) is 76.6 Å². The summed E-state index contributed by atoms with van der Waals surface area (Å²) < 4.78 is 0. The molecule has 1 saturated heterocycles. The van der Waals surface area contributed by atoms with Gasteiger partial charge < -0.3 is 15.0 Å². The molecule has 2 aromatic carbocycles. The number of nitrogens with zero attached hydrogens (tertiary/aromatic N) is 2. The van der Waals surface area contributed by atoms with Crippen LogP contribution in [0.5, 0.6) is 0 Å². The second-order valence-electron chi connectivity index (χ2n) is 7.11. The fraction of sp³-hybridized carbons (Fsp3) is 0.273. The maximum Gasteiger partial charge on any atom is 0.337 e. The summed E-state index contributed by atoms with van der Waals surface area (Å²) in [5.74, 6) is -1.05. The Morgan fingerprint density at radius 2 is 1.68 bits per heavy atom. The molecule has 0 atom stereocenters. The Bertz CT molecular complexity index is 989. The molecule has 6 heteroatoms. The van der Waals surface area contributed by atoms with Gasteiger partial charge in [-0.15, -0.1) is 0 Å². The molecule has 0 aliphatic carbocycles. The van der Waals surface area contributed by atoms with Gasteiger partial charge in [-0.3, -0.25) is 9.69 Å². The predicted molar refractivity (Wildman–Crippen MR) is 108 cm³/mol. The van der Waals surface area contributed by atoms with E-state index in [0.29, 0.717) is 29.6 Å². The van der Waals surface area contributed by atoms with Crippen LogP contribution >= 0.6 is 0 Å². The molecule has 0 radical (unpaired) electrons. The minimum absolute atomic E-state index is 0.0490. The van der Waals surface area contributed by atoms with Crippen molar-refractivity contribution in [2.75, 3.05) is 32.7 Å². The molecule has 2 N–H and O–H groups in total. The van der Waals surface area contributed by atoms with E-state index in [9.17, 15) is 14.7 Å². The Labute approximate surface area is 163 Å². The van der Waals surface area contributed by atoms with Gasteiger partial charge >= 0.3 is 5.97 Å². The van der Waals surface area contributed by atoms with Gasteiger partial charge in [0.2, 0.25) is 0 Å². The Morgan fingerprint density at radius 1 is 0.929 bits per heavy atom. The molecule has 1 fully saturated rings. The second kappa shape index (κ2) is 7.86. The number of aromatic carboxylic acids is 1. The molecular formula is C22H23N3O3. The van der Waals surface area contributed by atoms with Gasteiger partial charge in [0.25, 0.3) is 5.91 Å². The summed E-state index contributed by atoms with van der Waals surface area (Å²) in [5, 5.41) is 9.86. The zero-order chi connectivity index (χ0) is 19.5. The number of rotatable bonds is 5. The number of fused-ring (bicyclic) bond motifs is 1. The third-order valence-electron chi connectivity index (χ3n) is 5.40. The Kier molecular flexibility index (Phi) is 5.12. The van der Waals surface area contributed by atoms with Crippen molar-refractivity contribution in [3.05, 3.63) is 71.4 Å². The molecule has 144 valence electrons. The summed E-state index contributed by atoms with van der Waals surface area (Å²) in [5.41, 5.74) is 2.64. The Hall–Kier alpha value is -3.12. The predicted octanol–water partition coefficient (Wildman–Crippen LogP) is 2.87. The molecule has 3 aromatic rings. The summed E-state index contributed by atoms with van der Waals surface area (Å²) in [6.45, 7) is 4.03. The lowest BCUT2D eigenvalue weighted by atomic mass is 10.1. The van der Waals surface area contributed by atoms with Gasteiger partial charge in [-0.25, -0.2) is 4.79 Å². The van der Waals surface area contributed by atoms with Gasteiger partial charge in [-0.2, -0.15) is 0 Å². The minimum Gasteiger partial charge on any atom is -0.478 e. The molecule has 4 rings (SSSR count). The van der Waals surface area contributed by atoms with Crippen LogP contribution in [0.4, 0.5) is 0 Å². The lowest BCUT2D eigenvalue weighted by Crippen LogP contribution is -2.49. The summed E-state index contributed by atoms with van der Waals surface area (Å²) in [6, 6.07) is 15.7. The summed E-state index contributed by atoms with van der Waals surface area (Å²) in [7, 11) is 0. The first-order valence-electron chi connectivity index (χ1n) is 9.52. The molecule has 1 amide bonds. The number of hydrogen-bond acceptors (Lipinski definition) is 3. The van der Waals surface area contributed by atoms with Crippen LogP contribution in [0.1, 0.15) is 26.3 Å². The van der Waals surface area contributed by atoms with Crippen LogP contribution in [0, 0.1) is 0 Å². The summed E-state index contributed by atoms with van der Waals surface area (Å²) in [4.78, 5) is 31.6. The van der Waals surface area contributed by atoms with Crippen molar-refractivity contribution in [1.29, 1.82) is 0 Å². The lowest BCUT2D eigenvalue weighted by molar-refractivity contribution is 0.0639. The van der Waals surface area contributed by atoms with Crippen LogP contribution in [-0.4, -0.2) is 64.5 Å². The van der Waals surface area contributed by atoms with Crippen LogP contribution in [-0.2, 0) is 6.42 Å². The smallest absolute Gasteiger partial charge is 0.337 e.